The Balaban J connectivity index is 1.55. The molecule has 2 N–H and O–H groups in total. The minimum absolute atomic E-state index is 0.115. The van der Waals surface area contributed by atoms with E-state index >= 15 is 0 Å². The van der Waals surface area contributed by atoms with Gasteiger partial charge in [-0.3, -0.25) is 4.90 Å². The Labute approximate surface area is 144 Å². The van der Waals surface area contributed by atoms with E-state index in [2.05, 4.69) is 15.5 Å². The molecule has 1 aliphatic heterocycles. The highest BCUT2D eigenvalue weighted by atomic mass is 16.5. The second-order valence-corrected chi connectivity index (χ2v) is 5.87. The van der Waals surface area contributed by atoms with Gasteiger partial charge in [0, 0.05) is 32.8 Å². The Hall–Kier alpha value is -1.63. The van der Waals surface area contributed by atoms with E-state index in [0.717, 1.165) is 57.0 Å². The molecule has 0 radical (unpaired) electrons. The average molecular weight is 335 g/mol. The maximum atomic E-state index is 11.8. The number of carbonyl (C=O) groups excluding carboxylic acids is 1. The molecule has 2 amide bonds. The minimum Gasteiger partial charge on any atom is -0.379 e. The molecule has 6 nitrogen and oxygen atoms in total. The zero-order chi connectivity index (χ0) is 17.0. The highest BCUT2D eigenvalue weighted by molar-refractivity contribution is 5.73. The second-order valence-electron chi connectivity index (χ2n) is 5.87. The third kappa shape index (κ3) is 7.29. The lowest BCUT2D eigenvalue weighted by Gasteiger charge is -2.26. The summed E-state index contributed by atoms with van der Waals surface area (Å²) in [6.45, 7) is 9.18. The predicted octanol–water partition coefficient (Wildman–Crippen LogP) is 1.74. The second kappa shape index (κ2) is 11.0. The first-order valence-corrected chi connectivity index (χ1v) is 8.75. The van der Waals surface area contributed by atoms with Gasteiger partial charge >= 0.3 is 6.03 Å². The van der Waals surface area contributed by atoms with Crippen LogP contribution in [0.25, 0.3) is 0 Å². The summed E-state index contributed by atoms with van der Waals surface area (Å²) in [4.78, 5) is 14.2. The number of morpholine rings is 1. The van der Waals surface area contributed by atoms with Crippen LogP contribution < -0.4 is 10.6 Å². The van der Waals surface area contributed by atoms with Crippen molar-refractivity contribution >= 4 is 6.03 Å². The number of ether oxygens (including phenoxy) is 2. The van der Waals surface area contributed by atoms with E-state index in [1.54, 1.807) is 0 Å². The number of hydrogen-bond donors (Lipinski definition) is 2. The Morgan fingerprint density at radius 2 is 1.88 bits per heavy atom. The summed E-state index contributed by atoms with van der Waals surface area (Å²) < 4.78 is 10.7. The fourth-order valence-electron chi connectivity index (χ4n) is 2.55. The maximum Gasteiger partial charge on any atom is 0.315 e. The summed E-state index contributed by atoms with van der Waals surface area (Å²) in [7, 11) is 0. The largest absolute Gasteiger partial charge is 0.379 e. The van der Waals surface area contributed by atoms with E-state index in [0.29, 0.717) is 19.7 Å². The number of urea groups is 1. The number of amides is 2. The Morgan fingerprint density at radius 3 is 2.58 bits per heavy atom. The molecule has 1 aliphatic rings. The zero-order valence-corrected chi connectivity index (χ0v) is 14.6. The number of rotatable bonds is 9. The summed E-state index contributed by atoms with van der Waals surface area (Å²) in [6, 6.07) is 8.00. The van der Waals surface area contributed by atoms with E-state index in [4.69, 9.17) is 9.47 Å². The van der Waals surface area contributed by atoms with Crippen LogP contribution in [0.4, 0.5) is 4.79 Å². The smallest absolute Gasteiger partial charge is 0.315 e. The van der Waals surface area contributed by atoms with Crippen molar-refractivity contribution in [3.8, 4) is 0 Å². The number of carbonyl (C=O) groups is 1. The zero-order valence-electron chi connectivity index (χ0n) is 14.6. The Morgan fingerprint density at radius 1 is 1.17 bits per heavy atom. The molecule has 1 aromatic carbocycles. The molecule has 1 saturated heterocycles. The van der Waals surface area contributed by atoms with Crippen LogP contribution in [-0.2, 0) is 22.6 Å². The van der Waals surface area contributed by atoms with Gasteiger partial charge in [0.2, 0.25) is 0 Å². The first-order valence-electron chi connectivity index (χ1n) is 8.75. The first-order chi connectivity index (χ1) is 11.8. The molecule has 134 valence electrons. The van der Waals surface area contributed by atoms with Gasteiger partial charge in [-0.25, -0.2) is 4.79 Å². The quantitative estimate of drug-likeness (QED) is 0.675. The SMILES string of the molecule is CCOCc1ccc(CNC(=O)NCCCN2CCOCC2)cc1. The van der Waals surface area contributed by atoms with Crippen molar-refractivity contribution in [2.45, 2.75) is 26.5 Å². The molecule has 0 bridgehead atoms. The van der Waals surface area contributed by atoms with Crippen molar-refractivity contribution in [3.63, 3.8) is 0 Å². The van der Waals surface area contributed by atoms with E-state index in [-0.39, 0.29) is 6.03 Å². The molecule has 24 heavy (non-hydrogen) atoms. The van der Waals surface area contributed by atoms with Crippen LogP contribution in [0.2, 0.25) is 0 Å². The Kier molecular flexibility index (Phi) is 8.59. The van der Waals surface area contributed by atoms with Crippen LogP contribution >= 0.6 is 0 Å². The summed E-state index contributed by atoms with van der Waals surface area (Å²) in [5, 5.41) is 5.79. The third-order valence-corrected chi connectivity index (χ3v) is 3.99. The fraction of sp³-hybridized carbons (Fsp3) is 0.611. The summed E-state index contributed by atoms with van der Waals surface area (Å²) in [6.07, 6.45) is 0.958. The van der Waals surface area contributed by atoms with Gasteiger partial charge in [0.05, 0.1) is 19.8 Å². The third-order valence-electron chi connectivity index (χ3n) is 3.99. The fourth-order valence-corrected chi connectivity index (χ4v) is 2.55. The molecule has 0 unspecified atom stereocenters. The number of hydrogen-bond acceptors (Lipinski definition) is 4. The number of nitrogens with zero attached hydrogens (tertiary/aromatic N) is 1. The van der Waals surface area contributed by atoms with Gasteiger partial charge < -0.3 is 20.1 Å². The molecule has 2 rings (SSSR count). The van der Waals surface area contributed by atoms with Gasteiger partial charge in [-0.2, -0.15) is 0 Å². The van der Waals surface area contributed by atoms with Crippen LogP contribution in [0.5, 0.6) is 0 Å². The molecule has 0 aliphatic carbocycles. The molecule has 0 atom stereocenters. The van der Waals surface area contributed by atoms with E-state index < -0.39 is 0 Å². The molecule has 6 heteroatoms. The normalized spacial score (nSPS) is 15.2. The summed E-state index contributed by atoms with van der Waals surface area (Å²) >= 11 is 0. The van der Waals surface area contributed by atoms with Gasteiger partial charge in [0.15, 0.2) is 0 Å². The lowest BCUT2D eigenvalue weighted by molar-refractivity contribution is 0.0375. The topological polar surface area (TPSA) is 62.8 Å². The monoisotopic (exact) mass is 335 g/mol. The van der Waals surface area contributed by atoms with Gasteiger partial charge in [-0.1, -0.05) is 24.3 Å². The van der Waals surface area contributed by atoms with E-state index in [1.807, 2.05) is 31.2 Å². The highest BCUT2D eigenvalue weighted by Crippen LogP contribution is 2.05. The van der Waals surface area contributed by atoms with Gasteiger partial charge in [-0.15, -0.1) is 0 Å². The summed E-state index contributed by atoms with van der Waals surface area (Å²) in [5.74, 6) is 0. The molecule has 0 saturated carbocycles. The van der Waals surface area contributed by atoms with E-state index in [1.165, 1.54) is 0 Å². The van der Waals surface area contributed by atoms with Crippen molar-refractivity contribution in [1.82, 2.24) is 15.5 Å². The molecule has 1 fully saturated rings. The van der Waals surface area contributed by atoms with Crippen molar-refractivity contribution in [1.29, 1.82) is 0 Å². The number of nitrogens with one attached hydrogen (secondary N) is 2. The average Bonchev–Trinajstić information content (AvgIpc) is 2.63. The molecule has 0 spiro atoms. The van der Waals surface area contributed by atoms with Crippen molar-refractivity contribution in [3.05, 3.63) is 35.4 Å². The van der Waals surface area contributed by atoms with Crippen molar-refractivity contribution in [2.75, 3.05) is 46.0 Å². The molecule has 0 aromatic heterocycles. The van der Waals surface area contributed by atoms with Crippen LogP contribution in [-0.4, -0.2) is 56.9 Å². The van der Waals surface area contributed by atoms with Crippen LogP contribution in [0.3, 0.4) is 0 Å². The van der Waals surface area contributed by atoms with Gasteiger partial charge in [0.25, 0.3) is 0 Å². The molecule has 1 aromatic rings. The standard InChI is InChI=1S/C18H29N3O3/c1-2-23-15-17-6-4-16(5-7-17)14-20-18(22)19-8-3-9-21-10-12-24-13-11-21/h4-7H,2-3,8-15H2,1H3,(H2,19,20,22). The van der Waals surface area contributed by atoms with Crippen molar-refractivity contribution < 1.29 is 14.3 Å². The van der Waals surface area contributed by atoms with Gasteiger partial charge in [0.1, 0.15) is 0 Å². The maximum absolute atomic E-state index is 11.8. The number of benzene rings is 1. The van der Waals surface area contributed by atoms with Crippen LogP contribution in [0.15, 0.2) is 24.3 Å². The first kappa shape index (κ1) is 18.7. The molecular formula is C18H29N3O3. The predicted molar refractivity (Wildman–Crippen MR) is 93.9 cm³/mol. The summed E-state index contributed by atoms with van der Waals surface area (Å²) in [5.41, 5.74) is 2.23. The Bertz CT molecular complexity index is 473. The minimum atomic E-state index is -0.115. The van der Waals surface area contributed by atoms with Crippen molar-refractivity contribution in [2.24, 2.45) is 0 Å². The van der Waals surface area contributed by atoms with Gasteiger partial charge in [-0.05, 0) is 31.0 Å². The highest BCUT2D eigenvalue weighted by Gasteiger charge is 2.09. The van der Waals surface area contributed by atoms with Crippen LogP contribution in [0, 0.1) is 0 Å². The molecular weight excluding hydrogens is 306 g/mol. The lowest BCUT2D eigenvalue weighted by atomic mass is 10.1. The molecule has 1 heterocycles. The van der Waals surface area contributed by atoms with Crippen LogP contribution in [0.1, 0.15) is 24.5 Å². The lowest BCUT2D eigenvalue weighted by Crippen LogP contribution is -2.39. The van der Waals surface area contributed by atoms with E-state index in [9.17, 15) is 4.79 Å².